The van der Waals surface area contributed by atoms with Crippen LogP contribution in [0.25, 0.3) is 17.4 Å². The molecule has 0 N–H and O–H groups in total. The number of carbonyl (C=O) groups excluding carboxylic acids is 1. The van der Waals surface area contributed by atoms with Crippen molar-refractivity contribution in [1.82, 2.24) is 15.1 Å². The van der Waals surface area contributed by atoms with Crippen LogP contribution in [0.5, 0.6) is 0 Å². The minimum Gasteiger partial charge on any atom is -0.457 e. The summed E-state index contributed by atoms with van der Waals surface area (Å²) in [5.74, 6) is 1.40. The second-order valence-corrected chi connectivity index (χ2v) is 10.9. The molecule has 1 aliphatic heterocycles. The number of hydrogen-bond donors (Lipinski definition) is 0. The lowest BCUT2D eigenvalue weighted by molar-refractivity contribution is -0.124. The molecule has 1 aliphatic carbocycles. The van der Waals surface area contributed by atoms with Gasteiger partial charge in [-0.3, -0.25) is 9.69 Å². The van der Waals surface area contributed by atoms with Gasteiger partial charge in [0.25, 0.3) is 5.91 Å². The molecule has 2 fully saturated rings. The summed E-state index contributed by atoms with van der Waals surface area (Å²) >= 11 is 6.27. The average molecular weight is 529 g/mol. The fourth-order valence-electron chi connectivity index (χ4n) is 3.97. The highest BCUT2D eigenvalue weighted by molar-refractivity contribution is 9.10. The lowest BCUT2D eigenvalue weighted by Gasteiger charge is -2.30. The van der Waals surface area contributed by atoms with E-state index in [0.29, 0.717) is 21.0 Å². The SMILES string of the molecule is Cc1nnc(/N=C2/S/C(=C/c3ccc(-c4ccc(Br)cc4)o3)C(=O)N2C2CCCCC2)s1. The molecule has 1 saturated heterocycles. The summed E-state index contributed by atoms with van der Waals surface area (Å²) in [7, 11) is 0. The van der Waals surface area contributed by atoms with E-state index in [1.807, 2.05) is 54.3 Å². The Hall–Kier alpha value is -2.23. The Morgan fingerprint density at radius 2 is 1.91 bits per heavy atom. The molecule has 5 rings (SSSR count). The van der Waals surface area contributed by atoms with E-state index in [4.69, 9.17) is 9.41 Å². The predicted molar refractivity (Wildman–Crippen MR) is 133 cm³/mol. The molecule has 164 valence electrons. The summed E-state index contributed by atoms with van der Waals surface area (Å²) in [5, 5.41) is 10.3. The zero-order valence-electron chi connectivity index (χ0n) is 17.5. The van der Waals surface area contributed by atoms with Crippen LogP contribution in [0.2, 0.25) is 0 Å². The number of halogens is 1. The summed E-state index contributed by atoms with van der Waals surface area (Å²) in [6.45, 7) is 1.90. The minimum absolute atomic E-state index is 0.0107. The molecule has 2 aliphatic rings. The van der Waals surface area contributed by atoms with Crippen molar-refractivity contribution in [3.05, 3.63) is 56.5 Å². The Morgan fingerprint density at radius 1 is 1.12 bits per heavy atom. The van der Waals surface area contributed by atoms with Crippen molar-refractivity contribution in [2.75, 3.05) is 0 Å². The third-order valence-electron chi connectivity index (χ3n) is 5.51. The quantitative estimate of drug-likeness (QED) is 0.348. The standard InChI is InChI=1S/C23H21BrN4O2S2/c1-14-26-27-22(31-14)25-23-28(17-5-3-2-4-6-17)21(29)20(32-23)13-18-11-12-19(30-18)15-7-9-16(24)10-8-15/h7-13,17H,2-6H2,1H3/b20-13+,25-23+. The Bertz CT molecular complexity index is 1190. The van der Waals surface area contributed by atoms with E-state index in [-0.39, 0.29) is 11.9 Å². The fraction of sp³-hybridized carbons (Fsp3) is 0.304. The van der Waals surface area contributed by atoms with Crippen LogP contribution in [0, 0.1) is 6.92 Å². The van der Waals surface area contributed by atoms with Crippen LogP contribution >= 0.6 is 39.0 Å². The molecule has 0 radical (unpaired) electrons. The Morgan fingerprint density at radius 3 is 2.62 bits per heavy atom. The maximum atomic E-state index is 13.4. The fourth-order valence-corrected chi connectivity index (χ4v) is 5.87. The zero-order chi connectivity index (χ0) is 22.1. The maximum Gasteiger partial charge on any atom is 0.267 e. The second-order valence-electron chi connectivity index (χ2n) is 7.78. The van der Waals surface area contributed by atoms with E-state index in [0.717, 1.165) is 46.5 Å². The molecule has 0 bridgehead atoms. The third-order valence-corrected chi connectivity index (χ3v) is 7.76. The molecule has 9 heteroatoms. The van der Waals surface area contributed by atoms with E-state index in [2.05, 4.69) is 26.1 Å². The summed E-state index contributed by atoms with van der Waals surface area (Å²) < 4.78 is 7.04. The number of furan rings is 1. The Labute approximate surface area is 203 Å². The number of carbonyl (C=O) groups is 1. The number of aryl methyl sites for hydroxylation is 1. The molecule has 1 aromatic carbocycles. The third kappa shape index (κ3) is 4.60. The average Bonchev–Trinajstić information content (AvgIpc) is 3.50. The van der Waals surface area contributed by atoms with Crippen molar-refractivity contribution in [3.63, 3.8) is 0 Å². The van der Waals surface area contributed by atoms with Crippen molar-refractivity contribution >= 4 is 61.3 Å². The molecule has 3 heterocycles. The summed E-state index contributed by atoms with van der Waals surface area (Å²) in [5.41, 5.74) is 0.987. The molecule has 0 spiro atoms. The molecule has 6 nitrogen and oxygen atoms in total. The predicted octanol–water partition coefficient (Wildman–Crippen LogP) is 6.81. The van der Waals surface area contributed by atoms with Gasteiger partial charge in [-0.2, -0.15) is 4.99 Å². The first kappa shape index (κ1) is 21.6. The van der Waals surface area contributed by atoms with Crippen molar-refractivity contribution in [1.29, 1.82) is 0 Å². The first-order valence-corrected chi connectivity index (χ1v) is 13.0. The molecule has 3 aromatic rings. The van der Waals surface area contributed by atoms with Crippen molar-refractivity contribution in [2.24, 2.45) is 4.99 Å². The van der Waals surface area contributed by atoms with Gasteiger partial charge in [0.1, 0.15) is 16.5 Å². The number of thioether (sulfide) groups is 1. The number of nitrogens with zero attached hydrogens (tertiary/aromatic N) is 4. The van der Waals surface area contributed by atoms with Gasteiger partial charge in [0.2, 0.25) is 5.13 Å². The smallest absolute Gasteiger partial charge is 0.267 e. The van der Waals surface area contributed by atoms with E-state index in [1.165, 1.54) is 29.5 Å². The van der Waals surface area contributed by atoms with E-state index < -0.39 is 0 Å². The number of amidine groups is 1. The number of hydrogen-bond acceptors (Lipinski definition) is 7. The normalized spacial score (nSPS) is 20.1. The Balaban J connectivity index is 1.45. The van der Waals surface area contributed by atoms with Gasteiger partial charge < -0.3 is 4.42 Å². The van der Waals surface area contributed by atoms with Crippen LogP contribution in [0.1, 0.15) is 42.9 Å². The van der Waals surface area contributed by atoms with Gasteiger partial charge in [-0.15, -0.1) is 10.2 Å². The molecule has 1 saturated carbocycles. The van der Waals surface area contributed by atoms with Crippen LogP contribution in [-0.4, -0.2) is 32.2 Å². The van der Waals surface area contributed by atoms with Crippen LogP contribution in [0.15, 0.2) is 55.2 Å². The van der Waals surface area contributed by atoms with Gasteiger partial charge in [-0.05, 0) is 55.8 Å². The number of rotatable bonds is 4. The highest BCUT2D eigenvalue weighted by Crippen LogP contribution is 2.39. The van der Waals surface area contributed by atoms with E-state index in [1.54, 1.807) is 0 Å². The molecule has 2 aromatic heterocycles. The van der Waals surface area contributed by atoms with Crippen molar-refractivity contribution in [2.45, 2.75) is 45.1 Å². The summed E-state index contributed by atoms with van der Waals surface area (Å²) in [4.78, 5) is 20.6. The van der Waals surface area contributed by atoms with E-state index >= 15 is 0 Å². The first-order chi connectivity index (χ1) is 15.6. The lowest BCUT2D eigenvalue weighted by Crippen LogP contribution is -2.40. The highest BCUT2D eigenvalue weighted by Gasteiger charge is 2.39. The minimum atomic E-state index is -0.0107. The summed E-state index contributed by atoms with van der Waals surface area (Å²) in [6, 6.07) is 11.9. The highest BCUT2D eigenvalue weighted by atomic mass is 79.9. The summed E-state index contributed by atoms with van der Waals surface area (Å²) in [6.07, 6.45) is 7.32. The van der Waals surface area contributed by atoms with Crippen LogP contribution in [0.4, 0.5) is 5.13 Å². The van der Waals surface area contributed by atoms with Gasteiger partial charge in [-0.25, -0.2) is 0 Å². The molecule has 32 heavy (non-hydrogen) atoms. The van der Waals surface area contributed by atoms with Crippen molar-refractivity contribution < 1.29 is 9.21 Å². The zero-order valence-corrected chi connectivity index (χ0v) is 20.7. The first-order valence-electron chi connectivity index (χ1n) is 10.5. The second kappa shape index (κ2) is 9.33. The van der Waals surface area contributed by atoms with Gasteiger partial charge in [0.05, 0.1) is 4.91 Å². The van der Waals surface area contributed by atoms with Gasteiger partial charge in [-0.1, -0.05) is 58.7 Å². The maximum absolute atomic E-state index is 13.4. The van der Waals surface area contributed by atoms with Gasteiger partial charge in [0.15, 0.2) is 5.17 Å². The topological polar surface area (TPSA) is 71.6 Å². The van der Waals surface area contributed by atoms with E-state index in [9.17, 15) is 4.79 Å². The monoisotopic (exact) mass is 528 g/mol. The molecule has 1 amide bonds. The van der Waals surface area contributed by atoms with Crippen molar-refractivity contribution in [3.8, 4) is 11.3 Å². The number of aromatic nitrogens is 2. The molecular formula is C23H21BrN4O2S2. The number of benzene rings is 1. The van der Waals surface area contributed by atoms with Gasteiger partial charge in [0, 0.05) is 22.2 Å². The molecule has 0 atom stereocenters. The van der Waals surface area contributed by atoms with Gasteiger partial charge >= 0.3 is 0 Å². The largest absolute Gasteiger partial charge is 0.457 e. The van der Waals surface area contributed by atoms with Crippen LogP contribution in [-0.2, 0) is 4.79 Å². The number of amides is 1. The van der Waals surface area contributed by atoms with Crippen LogP contribution < -0.4 is 0 Å². The lowest BCUT2D eigenvalue weighted by atomic mass is 9.94. The van der Waals surface area contributed by atoms with Crippen LogP contribution in [0.3, 0.4) is 0 Å². The molecule has 0 unspecified atom stereocenters. The Kier molecular flexibility index (Phi) is 6.30. The molecular weight excluding hydrogens is 508 g/mol. The number of aliphatic imine (C=N–C) groups is 1.